The molecule has 80 valence electrons. The van der Waals surface area contributed by atoms with E-state index in [0.717, 1.165) is 26.1 Å². The molecule has 0 N–H and O–H groups in total. The maximum atomic E-state index is 11.1. The van der Waals surface area contributed by atoms with Crippen LogP contribution >= 0.6 is 0 Å². The van der Waals surface area contributed by atoms with E-state index in [9.17, 15) is 4.79 Å². The Bertz CT molecular complexity index is 223. The first-order valence-electron chi connectivity index (χ1n) is 5.31. The molecule has 0 amide bonds. The van der Waals surface area contributed by atoms with Crippen molar-refractivity contribution in [1.29, 1.82) is 0 Å². The smallest absolute Gasteiger partial charge is 0.162 e. The van der Waals surface area contributed by atoms with Gasteiger partial charge in [0.25, 0.3) is 0 Å². The Morgan fingerprint density at radius 3 is 2.07 bits per heavy atom. The first-order chi connectivity index (χ1) is 6.52. The molecule has 2 fully saturated rings. The van der Waals surface area contributed by atoms with Crippen molar-refractivity contribution in [3.8, 4) is 0 Å². The molecule has 1 saturated heterocycles. The summed E-state index contributed by atoms with van der Waals surface area (Å²) in [5, 5.41) is 0. The first kappa shape index (κ1) is 10.1. The van der Waals surface area contributed by atoms with Crippen molar-refractivity contribution in [3.05, 3.63) is 0 Å². The zero-order valence-corrected chi connectivity index (χ0v) is 8.97. The van der Waals surface area contributed by atoms with Crippen LogP contribution in [0.1, 0.15) is 39.5 Å². The van der Waals surface area contributed by atoms with Gasteiger partial charge in [0, 0.05) is 18.3 Å². The molecule has 0 atom stereocenters. The van der Waals surface area contributed by atoms with Gasteiger partial charge in [0.15, 0.2) is 5.79 Å². The van der Waals surface area contributed by atoms with Crippen LogP contribution in [0.5, 0.6) is 0 Å². The predicted octanol–water partition coefficient (Wildman–Crippen LogP) is 1.90. The van der Waals surface area contributed by atoms with Crippen LogP contribution < -0.4 is 0 Å². The zero-order valence-electron chi connectivity index (χ0n) is 8.97. The van der Waals surface area contributed by atoms with Gasteiger partial charge in [0.05, 0.1) is 13.2 Å². The maximum Gasteiger partial charge on any atom is 0.162 e. The molecule has 0 aromatic rings. The van der Waals surface area contributed by atoms with Crippen molar-refractivity contribution in [1.82, 2.24) is 0 Å². The number of rotatable bonds is 0. The summed E-state index contributed by atoms with van der Waals surface area (Å²) in [7, 11) is 0. The van der Waals surface area contributed by atoms with Crippen molar-refractivity contribution in [2.45, 2.75) is 45.3 Å². The number of ether oxygens (including phenoxy) is 2. The molecule has 2 rings (SSSR count). The SMILES string of the molecule is CC1(C)OCC2(CCC(=O)CC2)CO1. The standard InChI is InChI=1S/C11H18O3/c1-10(2)13-7-11(8-14-10)5-3-9(12)4-6-11/h3-8H2,1-2H3. The van der Waals surface area contributed by atoms with Gasteiger partial charge in [-0.1, -0.05) is 0 Å². The van der Waals surface area contributed by atoms with Crippen LogP contribution in [0.15, 0.2) is 0 Å². The Kier molecular flexibility index (Phi) is 2.40. The van der Waals surface area contributed by atoms with E-state index in [1.807, 2.05) is 13.8 Å². The quantitative estimate of drug-likeness (QED) is 0.596. The van der Waals surface area contributed by atoms with Crippen LogP contribution in [0, 0.1) is 5.41 Å². The van der Waals surface area contributed by atoms with Crippen LogP contribution in [0.2, 0.25) is 0 Å². The second-order valence-electron chi connectivity index (χ2n) is 5.02. The molecule has 0 aromatic heterocycles. The molecule has 2 aliphatic rings. The van der Waals surface area contributed by atoms with Gasteiger partial charge in [-0.2, -0.15) is 0 Å². The lowest BCUT2D eigenvalue weighted by atomic mass is 9.74. The Hall–Kier alpha value is -0.410. The fourth-order valence-electron chi connectivity index (χ4n) is 2.08. The highest BCUT2D eigenvalue weighted by molar-refractivity contribution is 5.79. The van der Waals surface area contributed by atoms with Crippen molar-refractivity contribution in [2.75, 3.05) is 13.2 Å². The first-order valence-corrected chi connectivity index (χ1v) is 5.31. The molecule has 1 heterocycles. The number of carbonyl (C=O) groups is 1. The van der Waals surface area contributed by atoms with Gasteiger partial charge in [-0.25, -0.2) is 0 Å². The molecule has 0 bridgehead atoms. The lowest BCUT2D eigenvalue weighted by molar-refractivity contribution is -0.288. The summed E-state index contributed by atoms with van der Waals surface area (Å²) in [4.78, 5) is 11.1. The summed E-state index contributed by atoms with van der Waals surface area (Å²) in [5.41, 5.74) is 0.128. The number of ketones is 1. The lowest BCUT2D eigenvalue weighted by Gasteiger charge is -2.45. The number of Topliss-reactive ketones (excluding diaryl/α,β-unsaturated/α-hetero) is 1. The van der Waals surface area contributed by atoms with E-state index in [2.05, 4.69) is 0 Å². The highest BCUT2D eigenvalue weighted by Gasteiger charge is 2.42. The Morgan fingerprint density at radius 2 is 1.57 bits per heavy atom. The largest absolute Gasteiger partial charge is 0.350 e. The highest BCUT2D eigenvalue weighted by Crippen LogP contribution is 2.40. The van der Waals surface area contributed by atoms with Gasteiger partial charge < -0.3 is 9.47 Å². The predicted molar refractivity (Wildman–Crippen MR) is 51.9 cm³/mol. The Labute approximate surface area is 84.8 Å². The van der Waals surface area contributed by atoms with E-state index in [0.29, 0.717) is 18.6 Å². The minimum atomic E-state index is -0.438. The molecule has 1 saturated carbocycles. The van der Waals surface area contributed by atoms with E-state index >= 15 is 0 Å². The van der Waals surface area contributed by atoms with Crippen LogP contribution in [0.25, 0.3) is 0 Å². The molecule has 0 radical (unpaired) electrons. The van der Waals surface area contributed by atoms with Gasteiger partial charge in [-0.15, -0.1) is 0 Å². The molecule has 1 spiro atoms. The topological polar surface area (TPSA) is 35.5 Å². The molecule has 3 heteroatoms. The second kappa shape index (κ2) is 3.31. The van der Waals surface area contributed by atoms with Crippen LogP contribution in [-0.4, -0.2) is 24.8 Å². The summed E-state index contributed by atoms with van der Waals surface area (Å²) < 4.78 is 11.3. The minimum absolute atomic E-state index is 0.128. The molecule has 0 aromatic carbocycles. The van der Waals surface area contributed by atoms with E-state index in [4.69, 9.17) is 9.47 Å². The summed E-state index contributed by atoms with van der Waals surface area (Å²) >= 11 is 0. The summed E-state index contributed by atoms with van der Waals surface area (Å²) in [6.07, 6.45) is 3.27. The fourth-order valence-corrected chi connectivity index (χ4v) is 2.08. The van der Waals surface area contributed by atoms with Gasteiger partial charge in [0.2, 0.25) is 0 Å². The van der Waals surface area contributed by atoms with E-state index in [1.54, 1.807) is 0 Å². The summed E-state index contributed by atoms with van der Waals surface area (Å²) in [6, 6.07) is 0. The number of hydrogen-bond acceptors (Lipinski definition) is 3. The molecular formula is C11H18O3. The minimum Gasteiger partial charge on any atom is -0.350 e. The summed E-state index contributed by atoms with van der Waals surface area (Å²) in [6.45, 7) is 5.36. The van der Waals surface area contributed by atoms with Crippen molar-refractivity contribution in [2.24, 2.45) is 5.41 Å². The maximum absolute atomic E-state index is 11.1. The normalized spacial score (nSPS) is 30.6. The average Bonchev–Trinajstić information content (AvgIpc) is 2.16. The van der Waals surface area contributed by atoms with Crippen LogP contribution in [0.4, 0.5) is 0 Å². The fraction of sp³-hybridized carbons (Fsp3) is 0.909. The highest BCUT2D eigenvalue weighted by atomic mass is 16.7. The van der Waals surface area contributed by atoms with Gasteiger partial charge in [-0.05, 0) is 26.7 Å². The zero-order chi connectivity index (χ0) is 10.2. The lowest BCUT2D eigenvalue weighted by Crippen LogP contribution is -2.48. The third-order valence-corrected chi connectivity index (χ3v) is 3.32. The molecule has 3 nitrogen and oxygen atoms in total. The molecule has 14 heavy (non-hydrogen) atoms. The van der Waals surface area contributed by atoms with Crippen LogP contribution in [0.3, 0.4) is 0 Å². The third kappa shape index (κ3) is 1.98. The van der Waals surface area contributed by atoms with E-state index < -0.39 is 5.79 Å². The van der Waals surface area contributed by atoms with Crippen molar-refractivity contribution in [3.63, 3.8) is 0 Å². The Morgan fingerprint density at radius 1 is 1.07 bits per heavy atom. The van der Waals surface area contributed by atoms with E-state index in [1.165, 1.54) is 0 Å². The van der Waals surface area contributed by atoms with Gasteiger partial charge in [-0.3, -0.25) is 4.79 Å². The average molecular weight is 198 g/mol. The number of carbonyl (C=O) groups excluding carboxylic acids is 1. The third-order valence-electron chi connectivity index (χ3n) is 3.32. The number of hydrogen-bond donors (Lipinski definition) is 0. The van der Waals surface area contributed by atoms with Crippen molar-refractivity contribution < 1.29 is 14.3 Å². The summed E-state index contributed by atoms with van der Waals surface area (Å²) in [5.74, 6) is -0.0485. The monoisotopic (exact) mass is 198 g/mol. The molecule has 0 unspecified atom stereocenters. The van der Waals surface area contributed by atoms with Gasteiger partial charge in [0.1, 0.15) is 5.78 Å². The molecule has 1 aliphatic carbocycles. The van der Waals surface area contributed by atoms with Crippen LogP contribution in [-0.2, 0) is 14.3 Å². The molecular weight excluding hydrogens is 180 g/mol. The van der Waals surface area contributed by atoms with E-state index in [-0.39, 0.29) is 5.41 Å². The van der Waals surface area contributed by atoms with Crippen molar-refractivity contribution >= 4 is 5.78 Å². The second-order valence-corrected chi connectivity index (χ2v) is 5.02. The molecule has 1 aliphatic heterocycles. The Balaban J connectivity index is 1.96. The van der Waals surface area contributed by atoms with Gasteiger partial charge >= 0.3 is 0 Å².